The number of aromatic amines is 1. The van der Waals surface area contributed by atoms with Gasteiger partial charge in [0.1, 0.15) is 0 Å². The van der Waals surface area contributed by atoms with Crippen LogP contribution in [0.1, 0.15) is 64.3 Å². The number of nitrogens with one attached hydrogen (secondary N) is 1. The number of aryl methyl sites for hydroxylation is 1. The van der Waals surface area contributed by atoms with Crippen molar-refractivity contribution in [3.63, 3.8) is 0 Å². The molecule has 2 aromatic carbocycles. The average molecular weight is 408 g/mol. The zero-order valence-electron chi connectivity index (χ0n) is 19.1. The van der Waals surface area contributed by atoms with Gasteiger partial charge in [-0.1, -0.05) is 90.1 Å². The topological polar surface area (TPSA) is 25.0 Å². The SMILES string of the molecule is Cc1cccc2c(CC(O[Si](C(C)C)(C(C)C)C(C)C)c3ccccc3)c[nH]c12. The minimum atomic E-state index is -2.00. The number of rotatable bonds is 8. The van der Waals surface area contributed by atoms with Crippen LogP contribution in [0.5, 0.6) is 0 Å². The van der Waals surface area contributed by atoms with Crippen LogP contribution in [0.15, 0.2) is 54.7 Å². The molecule has 0 aliphatic carbocycles. The van der Waals surface area contributed by atoms with Crippen molar-refractivity contribution in [3.8, 4) is 0 Å². The van der Waals surface area contributed by atoms with Crippen molar-refractivity contribution in [2.24, 2.45) is 0 Å². The normalized spacial score (nSPS) is 13.7. The van der Waals surface area contributed by atoms with E-state index in [9.17, 15) is 0 Å². The Labute approximate surface area is 177 Å². The molecule has 3 heteroatoms. The van der Waals surface area contributed by atoms with E-state index in [-0.39, 0.29) is 6.10 Å². The summed E-state index contributed by atoms with van der Waals surface area (Å²) < 4.78 is 7.29. The van der Waals surface area contributed by atoms with Gasteiger partial charge in [0.15, 0.2) is 0 Å². The molecule has 0 bridgehead atoms. The van der Waals surface area contributed by atoms with Gasteiger partial charge in [-0.2, -0.15) is 0 Å². The Bertz CT molecular complexity index is 905. The predicted octanol–water partition coefficient (Wildman–Crippen LogP) is 7.95. The molecular formula is C26H37NOSi. The molecule has 3 aromatic rings. The minimum absolute atomic E-state index is 0.0783. The second kappa shape index (κ2) is 8.89. The van der Waals surface area contributed by atoms with E-state index in [1.54, 1.807) is 0 Å². The molecule has 1 atom stereocenters. The molecule has 0 fully saturated rings. The monoisotopic (exact) mass is 407 g/mol. The molecule has 0 aliphatic rings. The molecule has 1 heterocycles. The van der Waals surface area contributed by atoms with Crippen LogP contribution in [0, 0.1) is 6.92 Å². The van der Waals surface area contributed by atoms with Crippen molar-refractivity contribution in [2.75, 3.05) is 0 Å². The number of fused-ring (bicyclic) bond motifs is 1. The molecule has 0 saturated carbocycles. The Morgan fingerprint density at radius 2 is 1.45 bits per heavy atom. The zero-order valence-corrected chi connectivity index (χ0v) is 20.1. The maximum Gasteiger partial charge on any atom is 0.201 e. The van der Waals surface area contributed by atoms with Crippen LogP contribution >= 0.6 is 0 Å². The van der Waals surface area contributed by atoms with Crippen molar-refractivity contribution < 1.29 is 4.43 Å². The lowest BCUT2D eigenvalue weighted by Gasteiger charge is -2.45. The molecule has 3 rings (SSSR count). The fourth-order valence-corrected chi connectivity index (χ4v) is 10.8. The first-order chi connectivity index (χ1) is 13.8. The summed E-state index contributed by atoms with van der Waals surface area (Å²) in [5, 5.41) is 1.32. The van der Waals surface area contributed by atoms with Gasteiger partial charge in [0.25, 0.3) is 0 Å². The van der Waals surface area contributed by atoms with Crippen LogP contribution < -0.4 is 0 Å². The summed E-state index contributed by atoms with van der Waals surface area (Å²) in [7, 11) is -2.00. The lowest BCUT2D eigenvalue weighted by atomic mass is 10.0. The Morgan fingerprint density at radius 1 is 0.828 bits per heavy atom. The van der Waals surface area contributed by atoms with Gasteiger partial charge in [0, 0.05) is 23.5 Å². The standard InChI is InChI=1S/C26H37NOSi/c1-18(2)29(19(3)4,20(5)6)28-25(22-13-9-8-10-14-22)16-23-17-27-26-21(7)12-11-15-24(23)26/h8-15,17-20,25,27H,16H2,1-7H3. The van der Waals surface area contributed by atoms with E-state index < -0.39 is 8.32 Å². The summed E-state index contributed by atoms with van der Waals surface area (Å²) in [6, 6.07) is 17.4. The minimum Gasteiger partial charge on any atom is -0.409 e. The highest BCUT2D eigenvalue weighted by Crippen LogP contribution is 2.46. The summed E-state index contributed by atoms with van der Waals surface area (Å²) in [4.78, 5) is 3.50. The molecular weight excluding hydrogens is 370 g/mol. The second-order valence-corrected chi connectivity index (χ2v) is 14.8. The smallest absolute Gasteiger partial charge is 0.201 e. The third-order valence-corrected chi connectivity index (χ3v) is 12.7. The Hall–Kier alpha value is -1.84. The van der Waals surface area contributed by atoms with E-state index in [2.05, 4.69) is 108 Å². The molecule has 1 aromatic heterocycles. The fraction of sp³-hybridized carbons (Fsp3) is 0.462. The number of aromatic nitrogens is 1. The van der Waals surface area contributed by atoms with Crippen molar-refractivity contribution in [2.45, 2.75) is 77.6 Å². The maximum atomic E-state index is 7.29. The van der Waals surface area contributed by atoms with Crippen LogP contribution in [0.3, 0.4) is 0 Å². The quantitative estimate of drug-likeness (QED) is 0.376. The van der Waals surface area contributed by atoms with E-state index in [1.165, 1.54) is 27.6 Å². The molecule has 156 valence electrons. The molecule has 1 unspecified atom stereocenters. The molecule has 1 N–H and O–H groups in total. The van der Waals surface area contributed by atoms with Crippen LogP contribution in [0.25, 0.3) is 10.9 Å². The van der Waals surface area contributed by atoms with E-state index >= 15 is 0 Å². The van der Waals surface area contributed by atoms with Gasteiger partial charge >= 0.3 is 0 Å². The molecule has 0 saturated heterocycles. The summed E-state index contributed by atoms with van der Waals surface area (Å²) in [5.41, 5.74) is 6.87. The number of H-pyrrole nitrogens is 1. The average Bonchev–Trinajstić information content (AvgIpc) is 3.09. The second-order valence-electron chi connectivity index (χ2n) is 9.35. The first-order valence-corrected chi connectivity index (χ1v) is 13.2. The van der Waals surface area contributed by atoms with E-state index in [0.717, 1.165) is 6.42 Å². The lowest BCUT2D eigenvalue weighted by molar-refractivity contribution is 0.176. The van der Waals surface area contributed by atoms with E-state index in [4.69, 9.17) is 4.43 Å². The molecule has 0 amide bonds. The van der Waals surface area contributed by atoms with Crippen molar-refractivity contribution in [1.29, 1.82) is 0 Å². The van der Waals surface area contributed by atoms with Gasteiger partial charge in [-0.15, -0.1) is 0 Å². The maximum absolute atomic E-state index is 7.29. The zero-order chi connectivity index (χ0) is 21.2. The van der Waals surface area contributed by atoms with Gasteiger partial charge in [-0.3, -0.25) is 0 Å². The summed E-state index contributed by atoms with van der Waals surface area (Å²) >= 11 is 0. The molecule has 29 heavy (non-hydrogen) atoms. The third-order valence-electron chi connectivity index (χ3n) is 6.64. The number of para-hydroxylation sites is 1. The van der Waals surface area contributed by atoms with Crippen LogP contribution in [-0.2, 0) is 10.8 Å². The molecule has 2 nitrogen and oxygen atoms in total. The molecule has 0 spiro atoms. The van der Waals surface area contributed by atoms with Crippen LogP contribution in [0.2, 0.25) is 16.6 Å². The van der Waals surface area contributed by atoms with E-state index in [0.29, 0.717) is 16.6 Å². The van der Waals surface area contributed by atoms with Crippen molar-refractivity contribution >= 4 is 19.2 Å². The summed E-state index contributed by atoms with van der Waals surface area (Å²) in [6.45, 7) is 16.4. The third kappa shape index (κ3) is 4.22. The van der Waals surface area contributed by atoms with Gasteiger partial charge in [-0.05, 0) is 40.2 Å². The van der Waals surface area contributed by atoms with Gasteiger partial charge in [0.05, 0.1) is 6.10 Å². The van der Waals surface area contributed by atoms with Gasteiger partial charge in [0.2, 0.25) is 8.32 Å². The lowest BCUT2D eigenvalue weighted by Crippen LogP contribution is -2.48. The van der Waals surface area contributed by atoms with E-state index in [1.807, 2.05) is 0 Å². The van der Waals surface area contributed by atoms with Gasteiger partial charge in [-0.25, -0.2) is 0 Å². The number of hydrogen-bond donors (Lipinski definition) is 1. The van der Waals surface area contributed by atoms with Crippen LogP contribution in [0.4, 0.5) is 0 Å². The Kier molecular flexibility index (Phi) is 6.70. The number of hydrogen-bond acceptors (Lipinski definition) is 1. The highest BCUT2D eigenvalue weighted by molar-refractivity contribution is 6.77. The predicted molar refractivity (Wildman–Crippen MR) is 128 cm³/mol. The molecule has 0 aliphatic heterocycles. The van der Waals surface area contributed by atoms with Crippen LogP contribution in [-0.4, -0.2) is 13.3 Å². The summed E-state index contributed by atoms with van der Waals surface area (Å²) in [5.74, 6) is 0. The first kappa shape index (κ1) is 21.9. The Balaban J connectivity index is 2.04. The van der Waals surface area contributed by atoms with Gasteiger partial charge < -0.3 is 9.41 Å². The van der Waals surface area contributed by atoms with Crippen molar-refractivity contribution in [1.82, 2.24) is 4.98 Å². The van der Waals surface area contributed by atoms with Crippen molar-refractivity contribution in [3.05, 3.63) is 71.4 Å². The highest BCUT2D eigenvalue weighted by atomic mass is 28.4. The first-order valence-electron chi connectivity index (χ1n) is 11.1. The fourth-order valence-electron chi connectivity index (χ4n) is 5.28. The largest absolute Gasteiger partial charge is 0.409 e. The highest BCUT2D eigenvalue weighted by Gasteiger charge is 2.46. The summed E-state index contributed by atoms with van der Waals surface area (Å²) in [6.07, 6.45) is 3.16. The number of benzene rings is 2. The Morgan fingerprint density at radius 3 is 2.03 bits per heavy atom. The molecule has 0 radical (unpaired) electrons.